The molecule has 0 aliphatic carbocycles. The molecule has 1 aromatic carbocycles. The van der Waals surface area contributed by atoms with E-state index in [1.165, 1.54) is 17.7 Å². The quantitative estimate of drug-likeness (QED) is 0.906. The molecule has 0 bridgehead atoms. The Morgan fingerprint density at radius 3 is 2.78 bits per heavy atom. The molecule has 2 N–H and O–H groups in total. The minimum atomic E-state index is 0.145. The van der Waals surface area contributed by atoms with Crippen molar-refractivity contribution in [1.29, 1.82) is 0 Å². The van der Waals surface area contributed by atoms with Crippen LogP contribution in [0.4, 0.5) is 5.69 Å². The van der Waals surface area contributed by atoms with E-state index in [9.17, 15) is 0 Å². The Hall–Kier alpha value is -0.670. The van der Waals surface area contributed by atoms with Crippen molar-refractivity contribution in [2.24, 2.45) is 5.73 Å². The molecule has 0 amide bonds. The van der Waals surface area contributed by atoms with Crippen LogP contribution in [0, 0.1) is 6.92 Å². The van der Waals surface area contributed by atoms with Gasteiger partial charge in [-0.3, -0.25) is 0 Å². The van der Waals surface area contributed by atoms with Gasteiger partial charge in [0.1, 0.15) is 0 Å². The van der Waals surface area contributed by atoms with Crippen molar-refractivity contribution >= 4 is 17.4 Å². The van der Waals surface area contributed by atoms with Crippen LogP contribution in [-0.4, -0.2) is 29.6 Å². The Labute approximate surface area is 115 Å². The number of benzene rings is 1. The van der Waals surface area contributed by atoms with E-state index < -0.39 is 0 Å². The van der Waals surface area contributed by atoms with E-state index in [-0.39, 0.29) is 5.54 Å². The summed E-state index contributed by atoms with van der Waals surface area (Å²) >= 11 is 2.05. The molecule has 1 fully saturated rings. The highest BCUT2D eigenvalue weighted by Crippen LogP contribution is 2.40. The number of likely N-dealkylation sites (N-methyl/N-ethyl adjacent to an activating group) is 1. The molecular weight excluding hydrogens is 240 g/mol. The summed E-state index contributed by atoms with van der Waals surface area (Å²) in [6.07, 6.45) is 1.19. The van der Waals surface area contributed by atoms with E-state index in [4.69, 9.17) is 5.73 Å². The molecule has 0 aromatic heterocycles. The number of hydrogen-bond acceptors (Lipinski definition) is 3. The van der Waals surface area contributed by atoms with Gasteiger partial charge < -0.3 is 10.6 Å². The summed E-state index contributed by atoms with van der Waals surface area (Å²) < 4.78 is 0. The largest absolute Gasteiger partial charge is 0.364 e. The van der Waals surface area contributed by atoms with Gasteiger partial charge in [0.2, 0.25) is 0 Å². The van der Waals surface area contributed by atoms with Crippen molar-refractivity contribution in [3.63, 3.8) is 0 Å². The van der Waals surface area contributed by atoms with Crippen LogP contribution in [0.15, 0.2) is 24.3 Å². The van der Waals surface area contributed by atoms with Gasteiger partial charge in [-0.15, -0.1) is 0 Å². The summed E-state index contributed by atoms with van der Waals surface area (Å²) in [6.45, 7) is 8.46. The fraction of sp³-hybridized carbons (Fsp3) is 0.600. The number of nitrogens with zero attached hydrogens (tertiary/aromatic N) is 1. The molecule has 2 nitrogen and oxygen atoms in total. The van der Waals surface area contributed by atoms with E-state index in [1.807, 2.05) is 11.8 Å². The Kier molecular flexibility index (Phi) is 4.23. The Morgan fingerprint density at radius 1 is 1.50 bits per heavy atom. The van der Waals surface area contributed by atoms with Crippen LogP contribution >= 0.6 is 11.8 Å². The number of thioether (sulfide) groups is 1. The monoisotopic (exact) mass is 264 g/mol. The maximum Gasteiger partial charge on any atom is 0.0624 e. The number of hydrogen-bond donors (Lipinski definition) is 1. The van der Waals surface area contributed by atoms with E-state index in [1.54, 1.807) is 0 Å². The lowest BCUT2D eigenvalue weighted by molar-refractivity contribution is 0.430. The zero-order valence-corrected chi connectivity index (χ0v) is 12.5. The van der Waals surface area contributed by atoms with Crippen LogP contribution in [0.25, 0.3) is 0 Å². The second kappa shape index (κ2) is 5.54. The average molecular weight is 264 g/mol. The molecule has 18 heavy (non-hydrogen) atoms. The first kappa shape index (κ1) is 13.8. The normalized spacial score (nSPS) is 27.4. The van der Waals surface area contributed by atoms with Crippen molar-refractivity contribution < 1.29 is 0 Å². The predicted molar refractivity (Wildman–Crippen MR) is 82.5 cm³/mol. The molecule has 1 saturated heterocycles. The molecule has 1 aliphatic rings. The lowest BCUT2D eigenvalue weighted by Crippen LogP contribution is -2.54. The SMILES string of the molecule is CCN(c1cccc(C)c1)C1(CN)CSC(C)C1. The highest BCUT2D eigenvalue weighted by atomic mass is 32.2. The highest BCUT2D eigenvalue weighted by Gasteiger charge is 2.41. The van der Waals surface area contributed by atoms with Gasteiger partial charge in [-0.1, -0.05) is 19.1 Å². The smallest absolute Gasteiger partial charge is 0.0624 e. The molecule has 1 aromatic rings. The summed E-state index contributed by atoms with van der Waals surface area (Å²) in [6, 6.07) is 8.78. The first-order valence-electron chi connectivity index (χ1n) is 6.77. The topological polar surface area (TPSA) is 29.3 Å². The van der Waals surface area contributed by atoms with E-state index >= 15 is 0 Å². The second-order valence-corrected chi connectivity index (χ2v) is 6.76. The van der Waals surface area contributed by atoms with Crippen LogP contribution in [0.3, 0.4) is 0 Å². The number of anilines is 1. The second-order valence-electron chi connectivity index (χ2n) is 5.34. The summed E-state index contributed by atoms with van der Waals surface area (Å²) in [7, 11) is 0. The maximum atomic E-state index is 6.13. The summed E-state index contributed by atoms with van der Waals surface area (Å²) in [4.78, 5) is 2.51. The van der Waals surface area contributed by atoms with Crippen LogP contribution in [-0.2, 0) is 0 Å². The fourth-order valence-electron chi connectivity index (χ4n) is 2.98. The van der Waals surface area contributed by atoms with Gasteiger partial charge in [0.05, 0.1) is 5.54 Å². The first-order valence-corrected chi connectivity index (χ1v) is 7.82. The van der Waals surface area contributed by atoms with Gasteiger partial charge in [-0.2, -0.15) is 11.8 Å². The standard InChI is InChI=1S/C15H24N2S/c1-4-17(14-7-5-6-12(2)8-14)15(10-16)9-13(3)18-11-15/h5-8,13H,4,9-11,16H2,1-3H3. The lowest BCUT2D eigenvalue weighted by atomic mass is 9.93. The summed E-state index contributed by atoms with van der Waals surface area (Å²) in [5, 5.41) is 0.715. The van der Waals surface area contributed by atoms with Crippen LogP contribution in [0.5, 0.6) is 0 Å². The van der Waals surface area contributed by atoms with Crippen LogP contribution in [0.2, 0.25) is 0 Å². The lowest BCUT2D eigenvalue weighted by Gasteiger charge is -2.41. The fourth-order valence-corrected chi connectivity index (χ4v) is 4.39. The van der Waals surface area contributed by atoms with Crippen molar-refractivity contribution in [2.45, 2.75) is 38.0 Å². The maximum absolute atomic E-state index is 6.13. The Balaban J connectivity index is 2.32. The van der Waals surface area contributed by atoms with Gasteiger partial charge in [-0.25, -0.2) is 0 Å². The van der Waals surface area contributed by atoms with Crippen LogP contribution in [0.1, 0.15) is 25.8 Å². The third-order valence-electron chi connectivity index (χ3n) is 3.89. The van der Waals surface area contributed by atoms with Gasteiger partial charge in [0.15, 0.2) is 0 Å². The molecular formula is C15H24N2S. The molecule has 0 radical (unpaired) electrons. The summed E-state index contributed by atoms with van der Waals surface area (Å²) in [5.74, 6) is 1.15. The average Bonchev–Trinajstić information content (AvgIpc) is 2.73. The third kappa shape index (κ3) is 2.52. The Morgan fingerprint density at radius 2 is 2.28 bits per heavy atom. The molecule has 0 saturated carbocycles. The first-order chi connectivity index (χ1) is 8.61. The molecule has 2 unspecified atom stereocenters. The van der Waals surface area contributed by atoms with E-state index in [0.29, 0.717) is 5.25 Å². The molecule has 100 valence electrons. The van der Waals surface area contributed by atoms with Gasteiger partial charge in [0, 0.05) is 29.8 Å². The van der Waals surface area contributed by atoms with Crippen molar-refractivity contribution in [3.05, 3.63) is 29.8 Å². The number of rotatable bonds is 4. The molecule has 2 rings (SSSR count). The minimum Gasteiger partial charge on any atom is -0.364 e. The zero-order chi connectivity index (χ0) is 13.2. The van der Waals surface area contributed by atoms with Gasteiger partial charge >= 0.3 is 0 Å². The van der Waals surface area contributed by atoms with Crippen molar-refractivity contribution in [2.75, 3.05) is 23.7 Å². The molecule has 1 aliphatic heterocycles. The molecule has 1 heterocycles. The Bertz CT molecular complexity index is 407. The van der Waals surface area contributed by atoms with E-state index in [2.05, 4.69) is 49.9 Å². The number of aryl methyl sites for hydroxylation is 1. The van der Waals surface area contributed by atoms with Gasteiger partial charge in [-0.05, 0) is 38.0 Å². The van der Waals surface area contributed by atoms with E-state index in [0.717, 1.165) is 18.8 Å². The highest BCUT2D eigenvalue weighted by molar-refractivity contribution is 8.00. The van der Waals surface area contributed by atoms with Crippen molar-refractivity contribution in [1.82, 2.24) is 0 Å². The van der Waals surface area contributed by atoms with Crippen molar-refractivity contribution in [3.8, 4) is 0 Å². The molecule has 3 heteroatoms. The minimum absolute atomic E-state index is 0.145. The number of nitrogens with two attached hydrogens (primary N) is 1. The molecule has 2 atom stereocenters. The third-order valence-corrected chi connectivity index (χ3v) is 5.33. The predicted octanol–water partition coefficient (Wildman–Crippen LogP) is 3.04. The van der Waals surface area contributed by atoms with Gasteiger partial charge in [0.25, 0.3) is 0 Å². The molecule has 0 spiro atoms. The zero-order valence-electron chi connectivity index (χ0n) is 11.6. The van der Waals surface area contributed by atoms with Crippen LogP contribution < -0.4 is 10.6 Å². The summed E-state index contributed by atoms with van der Waals surface area (Å²) in [5.41, 5.74) is 8.91.